The molecule has 0 aliphatic heterocycles. The summed E-state index contributed by atoms with van der Waals surface area (Å²) < 4.78 is 18.0. The van der Waals surface area contributed by atoms with E-state index in [0.717, 1.165) is 16.9 Å². The number of carbonyl (C=O) groups is 1. The maximum Gasteiger partial charge on any atom is 0.222 e. The summed E-state index contributed by atoms with van der Waals surface area (Å²) in [5, 5.41) is 3.03. The fourth-order valence-corrected chi connectivity index (χ4v) is 3.43. The predicted octanol–water partition coefficient (Wildman–Crippen LogP) is 3.85. The van der Waals surface area contributed by atoms with Gasteiger partial charge in [-0.15, -0.1) is 0 Å². The molecule has 3 aromatic rings. The Morgan fingerprint density at radius 1 is 0.933 bits per heavy atom. The van der Waals surface area contributed by atoms with Crippen molar-refractivity contribution >= 4 is 5.91 Å². The van der Waals surface area contributed by atoms with Crippen LogP contribution in [0.25, 0.3) is 0 Å². The number of hydrogen-bond donors (Lipinski definition) is 1. The van der Waals surface area contributed by atoms with Crippen LogP contribution in [0.15, 0.2) is 67.0 Å². The van der Waals surface area contributed by atoms with Crippen LogP contribution in [0.4, 0.5) is 0 Å². The Labute approximate surface area is 177 Å². The second-order valence-corrected chi connectivity index (χ2v) is 6.92. The summed E-state index contributed by atoms with van der Waals surface area (Å²) in [6, 6.07) is 17.4. The van der Waals surface area contributed by atoms with Gasteiger partial charge in [0.15, 0.2) is 11.5 Å². The van der Waals surface area contributed by atoms with Gasteiger partial charge >= 0.3 is 0 Å². The second-order valence-electron chi connectivity index (χ2n) is 6.92. The van der Waals surface area contributed by atoms with Crippen molar-refractivity contribution in [2.24, 2.45) is 0 Å². The third-order valence-electron chi connectivity index (χ3n) is 5.03. The van der Waals surface area contributed by atoms with Crippen molar-refractivity contribution in [3.8, 4) is 17.2 Å². The molecule has 1 heterocycles. The number of methoxy groups -OCH3 is 3. The summed E-state index contributed by atoms with van der Waals surface area (Å²) in [5.74, 6) is 2.15. The molecule has 158 valence electrons. The number of hydrogen-bond acceptors (Lipinski definition) is 4. The van der Waals surface area contributed by atoms with Crippen LogP contribution in [-0.2, 0) is 11.2 Å². The van der Waals surface area contributed by atoms with Crippen LogP contribution in [0, 0.1) is 0 Å². The summed E-state index contributed by atoms with van der Waals surface area (Å²) in [6.07, 6.45) is 5.00. The topological polar surface area (TPSA) is 61.7 Å². The number of nitrogens with zero attached hydrogens (tertiary/aromatic N) is 1. The van der Waals surface area contributed by atoms with Gasteiger partial charge in [0.1, 0.15) is 5.75 Å². The van der Waals surface area contributed by atoms with Crippen molar-refractivity contribution in [1.82, 2.24) is 9.88 Å². The molecule has 30 heavy (non-hydrogen) atoms. The summed E-state index contributed by atoms with van der Waals surface area (Å²) in [6.45, 7) is 0.546. The van der Waals surface area contributed by atoms with E-state index in [2.05, 4.69) is 5.32 Å². The first-order valence-corrected chi connectivity index (χ1v) is 9.88. The van der Waals surface area contributed by atoms with E-state index in [1.807, 2.05) is 71.6 Å². The van der Waals surface area contributed by atoms with E-state index in [1.54, 1.807) is 21.3 Å². The molecule has 6 nitrogen and oxygen atoms in total. The Morgan fingerprint density at radius 3 is 2.40 bits per heavy atom. The van der Waals surface area contributed by atoms with Gasteiger partial charge in [0, 0.05) is 18.9 Å². The van der Waals surface area contributed by atoms with Gasteiger partial charge in [0.05, 0.1) is 33.8 Å². The summed E-state index contributed by atoms with van der Waals surface area (Å²) in [5.41, 5.74) is 2.10. The second kappa shape index (κ2) is 10.4. The highest BCUT2D eigenvalue weighted by molar-refractivity contribution is 5.77. The van der Waals surface area contributed by atoms with Crippen LogP contribution in [0.5, 0.6) is 17.2 Å². The molecule has 1 unspecified atom stereocenters. The third kappa shape index (κ3) is 5.35. The van der Waals surface area contributed by atoms with E-state index < -0.39 is 0 Å². The van der Waals surface area contributed by atoms with Crippen LogP contribution in [0.2, 0.25) is 0 Å². The van der Waals surface area contributed by atoms with Crippen molar-refractivity contribution in [3.63, 3.8) is 0 Å². The van der Waals surface area contributed by atoms with Crippen LogP contribution < -0.4 is 19.5 Å². The van der Waals surface area contributed by atoms with Gasteiger partial charge in [-0.05, 0) is 53.9 Å². The molecule has 3 rings (SSSR count). The summed E-state index contributed by atoms with van der Waals surface area (Å²) in [4.78, 5) is 12.7. The minimum atomic E-state index is -0.101. The van der Waals surface area contributed by atoms with E-state index in [-0.39, 0.29) is 11.9 Å². The molecule has 0 saturated carbocycles. The van der Waals surface area contributed by atoms with Crippen molar-refractivity contribution in [2.45, 2.75) is 18.9 Å². The SMILES string of the molecule is COc1cccc(C(CC(=O)NCCc2ccc(OC)c(OC)c2)n2cccc2)c1. The molecular weight excluding hydrogens is 380 g/mol. The molecule has 1 amide bonds. The van der Waals surface area contributed by atoms with E-state index in [0.29, 0.717) is 30.9 Å². The molecule has 2 aromatic carbocycles. The van der Waals surface area contributed by atoms with Crippen molar-refractivity contribution < 1.29 is 19.0 Å². The van der Waals surface area contributed by atoms with E-state index in [1.165, 1.54) is 0 Å². The molecular formula is C24H28N2O4. The molecule has 1 N–H and O–H groups in total. The van der Waals surface area contributed by atoms with Crippen LogP contribution >= 0.6 is 0 Å². The van der Waals surface area contributed by atoms with Crippen LogP contribution in [0.3, 0.4) is 0 Å². The fourth-order valence-electron chi connectivity index (χ4n) is 3.43. The number of amides is 1. The first kappa shape index (κ1) is 21.3. The Morgan fingerprint density at radius 2 is 1.70 bits per heavy atom. The van der Waals surface area contributed by atoms with Gasteiger partial charge in [-0.3, -0.25) is 4.79 Å². The fraction of sp³-hybridized carbons (Fsp3) is 0.292. The third-order valence-corrected chi connectivity index (χ3v) is 5.03. The zero-order valence-electron chi connectivity index (χ0n) is 17.6. The smallest absolute Gasteiger partial charge is 0.222 e. The largest absolute Gasteiger partial charge is 0.497 e. The standard InChI is InChI=1S/C24H28N2O4/c1-28-20-8-6-7-19(16-20)21(26-13-4-5-14-26)17-24(27)25-12-11-18-9-10-22(29-2)23(15-18)30-3/h4-10,13-16,21H,11-12,17H2,1-3H3,(H,25,27). The molecule has 0 aliphatic carbocycles. The van der Waals surface area contributed by atoms with Crippen LogP contribution in [0.1, 0.15) is 23.6 Å². The van der Waals surface area contributed by atoms with E-state index >= 15 is 0 Å². The quantitative estimate of drug-likeness (QED) is 0.554. The monoisotopic (exact) mass is 408 g/mol. The normalized spacial score (nSPS) is 11.6. The number of carbonyl (C=O) groups excluding carboxylic acids is 1. The lowest BCUT2D eigenvalue weighted by molar-refractivity contribution is -0.121. The molecule has 0 bridgehead atoms. The van der Waals surface area contributed by atoms with E-state index in [9.17, 15) is 4.79 Å². The Kier molecular flexibility index (Phi) is 7.38. The molecule has 0 radical (unpaired) electrons. The van der Waals surface area contributed by atoms with Gasteiger partial charge in [0.2, 0.25) is 5.91 Å². The number of aromatic nitrogens is 1. The lowest BCUT2D eigenvalue weighted by Gasteiger charge is -2.20. The first-order chi connectivity index (χ1) is 14.6. The minimum Gasteiger partial charge on any atom is -0.497 e. The molecule has 6 heteroatoms. The summed E-state index contributed by atoms with van der Waals surface area (Å²) in [7, 11) is 4.87. The van der Waals surface area contributed by atoms with E-state index in [4.69, 9.17) is 14.2 Å². The van der Waals surface area contributed by atoms with Crippen molar-refractivity contribution in [1.29, 1.82) is 0 Å². The van der Waals surface area contributed by atoms with Gasteiger partial charge < -0.3 is 24.1 Å². The predicted molar refractivity (Wildman–Crippen MR) is 116 cm³/mol. The molecule has 0 fully saturated rings. The lowest BCUT2D eigenvalue weighted by atomic mass is 10.0. The van der Waals surface area contributed by atoms with Gasteiger partial charge in [-0.25, -0.2) is 0 Å². The van der Waals surface area contributed by atoms with Crippen LogP contribution in [-0.4, -0.2) is 38.3 Å². The number of ether oxygens (including phenoxy) is 3. The highest BCUT2D eigenvalue weighted by atomic mass is 16.5. The van der Waals surface area contributed by atoms with Gasteiger partial charge in [-0.2, -0.15) is 0 Å². The average Bonchev–Trinajstić information content (AvgIpc) is 3.32. The maximum absolute atomic E-state index is 12.7. The molecule has 0 saturated heterocycles. The minimum absolute atomic E-state index is 0.00278. The molecule has 0 aliphatic rings. The zero-order chi connectivity index (χ0) is 21.3. The first-order valence-electron chi connectivity index (χ1n) is 9.88. The Balaban J connectivity index is 1.62. The molecule has 1 aromatic heterocycles. The molecule has 1 atom stereocenters. The number of nitrogens with one attached hydrogen (secondary N) is 1. The van der Waals surface area contributed by atoms with Gasteiger partial charge in [0.25, 0.3) is 0 Å². The number of rotatable bonds is 10. The Bertz CT molecular complexity index is 954. The highest BCUT2D eigenvalue weighted by Gasteiger charge is 2.18. The maximum atomic E-state index is 12.7. The zero-order valence-corrected chi connectivity index (χ0v) is 17.6. The van der Waals surface area contributed by atoms with Gasteiger partial charge in [-0.1, -0.05) is 18.2 Å². The summed E-state index contributed by atoms with van der Waals surface area (Å²) >= 11 is 0. The Hall–Kier alpha value is -3.41. The highest BCUT2D eigenvalue weighted by Crippen LogP contribution is 2.28. The lowest BCUT2D eigenvalue weighted by Crippen LogP contribution is -2.28. The van der Waals surface area contributed by atoms with Crippen molar-refractivity contribution in [2.75, 3.05) is 27.9 Å². The average molecular weight is 408 g/mol. The van der Waals surface area contributed by atoms with Crippen molar-refractivity contribution in [3.05, 3.63) is 78.1 Å². The number of benzene rings is 2. The molecule has 0 spiro atoms.